The van der Waals surface area contributed by atoms with Crippen molar-refractivity contribution in [1.82, 2.24) is 4.90 Å². The summed E-state index contributed by atoms with van der Waals surface area (Å²) in [6.07, 6.45) is 0. The Morgan fingerprint density at radius 3 is 2.52 bits per heavy atom. The SMILES string of the molecule is Cc1ccc(N=C2S/C(=C3\Sc4ccc(Cl)cc4N3C)C(=O)N2C)cc1Cl. The number of aliphatic imine (C=N–C) groups is 1. The van der Waals surface area contributed by atoms with Gasteiger partial charge in [0.25, 0.3) is 5.91 Å². The molecule has 1 amide bonds. The number of fused-ring (bicyclic) bond motifs is 1. The van der Waals surface area contributed by atoms with Gasteiger partial charge < -0.3 is 4.90 Å². The van der Waals surface area contributed by atoms with Crippen LogP contribution in [0.1, 0.15) is 5.56 Å². The number of nitrogens with zero attached hydrogens (tertiary/aromatic N) is 3. The quantitative estimate of drug-likeness (QED) is 0.521. The second kappa shape index (κ2) is 7.09. The molecule has 0 atom stereocenters. The van der Waals surface area contributed by atoms with Gasteiger partial charge in [-0.15, -0.1) is 0 Å². The van der Waals surface area contributed by atoms with E-state index in [9.17, 15) is 4.79 Å². The standard InChI is InChI=1S/C19H15Cl2N3OS2/c1-10-4-6-12(9-13(10)21)22-19-24(3)17(25)16(27-19)18-23(2)14-8-11(20)5-7-15(14)26-18/h4-9H,1-3H3/b18-16-,22-19?. The summed E-state index contributed by atoms with van der Waals surface area (Å²) in [5.74, 6) is -0.0646. The molecule has 0 unspecified atom stereocenters. The average Bonchev–Trinajstić information content (AvgIpc) is 3.10. The van der Waals surface area contributed by atoms with Crippen LogP contribution in [0.4, 0.5) is 11.4 Å². The summed E-state index contributed by atoms with van der Waals surface area (Å²) in [5, 5.41) is 2.85. The van der Waals surface area contributed by atoms with E-state index in [1.807, 2.05) is 55.3 Å². The first kappa shape index (κ1) is 18.7. The van der Waals surface area contributed by atoms with Crippen LogP contribution in [0.15, 0.2) is 56.2 Å². The molecule has 2 aromatic carbocycles. The summed E-state index contributed by atoms with van der Waals surface area (Å²) >= 11 is 15.3. The second-order valence-electron chi connectivity index (χ2n) is 6.20. The van der Waals surface area contributed by atoms with Crippen LogP contribution < -0.4 is 4.90 Å². The number of thioether (sulfide) groups is 2. The fraction of sp³-hybridized carbons (Fsp3) is 0.158. The van der Waals surface area contributed by atoms with Crippen LogP contribution in [0.2, 0.25) is 10.0 Å². The Hall–Kier alpha value is -1.60. The Morgan fingerprint density at radius 2 is 1.78 bits per heavy atom. The van der Waals surface area contributed by atoms with Crippen LogP contribution in [-0.2, 0) is 4.79 Å². The van der Waals surface area contributed by atoms with E-state index in [2.05, 4.69) is 4.99 Å². The summed E-state index contributed by atoms with van der Waals surface area (Å²) < 4.78 is 0. The molecule has 2 heterocycles. The monoisotopic (exact) mass is 435 g/mol. The van der Waals surface area contributed by atoms with Gasteiger partial charge in [0.15, 0.2) is 5.17 Å². The Kier molecular flexibility index (Phi) is 4.93. The summed E-state index contributed by atoms with van der Waals surface area (Å²) in [6.45, 7) is 1.94. The zero-order valence-corrected chi connectivity index (χ0v) is 17.9. The lowest BCUT2D eigenvalue weighted by Crippen LogP contribution is -2.24. The Labute approximate surface area is 176 Å². The maximum atomic E-state index is 12.9. The van der Waals surface area contributed by atoms with Gasteiger partial charge in [-0.1, -0.05) is 41.0 Å². The van der Waals surface area contributed by atoms with Gasteiger partial charge in [-0.05, 0) is 54.6 Å². The first-order valence-electron chi connectivity index (χ1n) is 8.11. The number of rotatable bonds is 1. The highest BCUT2D eigenvalue weighted by molar-refractivity contribution is 8.19. The third kappa shape index (κ3) is 3.36. The molecule has 0 saturated carbocycles. The van der Waals surface area contributed by atoms with Crippen molar-refractivity contribution in [2.75, 3.05) is 19.0 Å². The molecule has 0 bridgehead atoms. The number of carbonyl (C=O) groups is 1. The molecule has 8 heteroatoms. The first-order chi connectivity index (χ1) is 12.8. The number of hydrogen-bond acceptors (Lipinski definition) is 5. The molecule has 0 radical (unpaired) electrons. The van der Waals surface area contributed by atoms with Crippen molar-refractivity contribution in [3.05, 3.63) is 61.9 Å². The minimum Gasteiger partial charge on any atom is -0.337 e. The number of anilines is 1. The number of aryl methyl sites for hydroxylation is 1. The molecule has 0 aromatic heterocycles. The van der Waals surface area contributed by atoms with E-state index in [0.29, 0.717) is 20.1 Å². The van der Waals surface area contributed by atoms with Crippen molar-refractivity contribution in [1.29, 1.82) is 0 Å². The van der Waals surface area contributed by atoms with Crippen molar-refractivity contribution in [2.24, 2.45) is 4.99 Å². The highest BCUT2D eigenvalue weighted by Gasteiger charge is 2.37. The van der Waals surface area contributed by atoms with E-state index < -0.39 is 0 Å². The van der Waals surface area contributed by atoms with Crippen LogP contribution in [-0.4, -0.2) is 30.1 Å². The van der Waals surface area contributed by atoms with Gasteiger partial charge in [0, 0.05) is 29.0 Å². The average molecular weight is 436 g/mol. The van der Waals surface area contributed by atoms with Gasteiger partial charge >= 0.3 is 0 Å². The zero-order chi connectivity index (χ0) is 19.3. The number of amidine groups is 1. The van der Waals surface area contributed by atoms with E-state index in [0.717, 1.165) is 26.9 Å². The number of halogens is 2. The second-order valence-corrected chi connectivity index (χ2v) is 9.05. The molecule has 2 aliphatic heterocycles. The topological polar surface area (TPSA) is 35.9 Å². The van der Waals surface area contributed by atoms with Crippen LogP contribution >= 0.6 is 46.7 Å². The first-order valence-corrected chi connectivity index (χ1v) is 10.5. The van der Waals surface area contributed by atoms with Gasteiger partial charge in [0.1, 0.15) is 4.91 Å². The predicted octanol–water partition coefficient (Wildman–Crippen LogP) is 5.91. The fourth-order valence-electron chi connectivity index (χ4n) is 2.76. The molecular formula is C19H15Cl2N3OS2. The number of hydrogen-bond donors (Lipinski definition) is 0. The Morgan fingerprint density at radius 1 is 1.00 bits per heavy atom. The third-order valence-electron chi connectivity index (χ3n) is 4.35. The lowest BCUT2D eigenvalue weighted by molar-refractivity contribution is -0.121. The molecule has 4 rings (SSSR count). The molecule has 4 nitrogen and oxygen atoms in total. The minimum absolute atomic E-state index is 0.0646. The van der Waals surface area contributed by atoms with Gasteiger partial charge in [0.2, 0.25) is 0 Å². The summed E-state index contributed by atoms with van der Waals surface area (Å²) in [6, 6.07) is 11.4. The normalized spacial score (nSPS) is 20.8. The van der Waals surface area contributed by atoms with E-state index >= 15 is 0 Å². The zero-order valence-electron chi connectivity index (χ0n) is 14.8. The molecule has 2 aromatic rings. The highest BCUT2D eigenvalue weighted by Crippen LogP contribution is 2.50. The molecule has 0 aliphatic carbocycles. The van der Waals surface area contributed by atoms with Crippen LogP contribution in [0.5, 0.6) is 0 Å². The Bertz CT molecular complexity index is 1040. The van der Waals surface area contributed by atoms with Crippen molar-refractivity contribution < 1.29 is 4.79 Å². The smallest absolute Gasteiger partial charge is 0.269 e. The molecular weight excluding hydrogens is 421 g/mol. The maximum Gasteiger partial charge on any atom is 0.269 e. The maximum absolute atomic E-state index is 12.9. The number of likely N-dealkylation sites (N-methyl/N-ethyl adjacent to an activating group) is 1. The van der Waals surface area contributed by atoms with Crippen LogP contribution in [0.3, 0.4) is 0 Å². The summed E-state index contributed by atoms with van der Waals surface area (Å²) in [7, 11) is 3.68. The lowest BCUT2D eigenvalue weighted by Gasteiger charge is -2.14. The molecule has 138 valence electrons. The Balaban J connectivity index is 1.70. The van der Waals surface area contributed by atoms with Crippen molar-refractivity contribution >= 4 is 69.2 Å². The molecule has 1 saturated heterocycles. The molecule has 0 spiro atoms. The highest BCUT2D eigenvalue weighted by atomic mass is 35.5. The van der Waals surface area contributed by atoms with E-state index in [4.69, 9.17) is 23.2 Å². The summed E-state index contributed by atoms with van der Waals surface area (Å²) in [4.78, 5) is 22.8. The molecule has 1 fully saturated rings. The number of amides is 1. The largest absolute Gasteiger partial charge is 0.337 e. The van der Waals surface area contributed by atoms with Gasteiger partial charge in [-0.25, -0.2) is 4.99 Å². The van der Waals surface area contributed by atoms with Crippen molar-refractivity contribution in [3.63, 3.8) is 0 Å². The molecule has 2 aliphatic rings. The van der Waals surface area contributed by atoms with E-state index in [1.165, 1.54) is 11.8 Å². The number of carbonyl (C=O) groups excluding carboxylic acids is 1. The molecule has 0 N–H and O–H groups in total. The lowest BCUT2D eigenvalue weighted by atomic mass is 10.2. The third-order valence-corrected chi connectivity index (χ3v) is 7.47. The van der Waals surface area contributed by atoms with E-state index in [-0.39, 0.29) is 5.91 Å². The molecule has 27 heavy (non-hydrogen) atoms. The summed E-state index contributed by atoms with van der Waals surface area (Å²) in [5.41, 5.74) is 2.72. The minimum atomic E-state index is -0.0646. The van der Waals surface area contributed by atoms with Crippen molar-refractivity contribution in [2.45, 2.75) is 11.8 Å². The predicted molar refractivity (Wildman–Crippen MR) is 116 cm³/mol. The number of benzene rings is 2. The van der Waals surface area contributed by atoms with Crippen molar-refractivity contribution in [3.8, 4) is 0 Å². The van der Waals surface area contributed by atoms with Gasteiger partial charge in [0.05, 0.1) is 16.4 Å². The van der Waals surface area contributed by atoms with Gasteiger partial charge in [-0.3, -0.25) is 9.69 Å². The fourth-order valence-corrected chi connectivity index (χ4v) is 5.41. The van der Waals surface area contributed by atoms with Gasteiger partial charge in [-0.2, -0.15) is 0 Å². The van der Waals surface area contributed by atoms with E-state index in [1.54, 1.807) is 23.7 Å². The van der Waals surface area contributed by atoms with Crippen LogP contribution in [0.25, 0.3) is 0 Å². The van der Waals surface area contributed by atoms with Crippen LogP contribution in [0, 0.1) is 6.92 Å².